The number of ether oxygens (including phenoxy) is 1. The van der Waals surface area contributed by atoms with Gasteiger partial charge in [-0.15, -0.1) is 0 Å². The Morgan fingerprint density at radius 3 is 2.54 bits per heavy atom. The molecule has 1 aromatic rings. The second-order valence-electron chi connectivity index (χ2n) is 6.96. The average Bonchev–Trinajstić information content (AvgIpc) is 2.67. The summed E-state index contributed by atoms with van der Waals surface area (Å²) in [5.41, 5.74) is 0. The zero-order valence-corrected chi connectivity index (χ0v) is 15.6. The van der Waals surface area contributed by atoms with E-state index in [0.29, 0.717) is 24.8 Å². The van der Waals surface area contributed by atoms with Gasteiger partial charge in [0.2, 0.25) is 10.0 Å². The van der Waals surface area contributed by atoms with Crippen LogP contribution in [0.1, 0.15) is 32.1 Å². The van der Waals surface area contributed by atoms with Crippen molar-refractivity contribution in [3.05, 3.63) is 24.3 Å². The van der Waals surface area contributed by atoms with E-state index in [2.05, 4.69) is 5.32 Å². The molecule has 0 radical (unpaired) electrons. The molecule has 0 aromatic heterocycles. The summed E-state index contributed by atoms with van der Waals surface area (Å²) in [4.78, 5) is 11.5. The third-order valence-corrected chi connectivity index (χ3v) is 7.04. The van der Waals surface area contributed by atoms with Crippen molar-refractivity contribution >= 4 is 16.0 Å². The number of carbonyl (C=O) groups is 1. The Labute approximate surface area is 154 Å². The number of hydrogen-bond donors (Lipinski definition) is 2. The molecule has 1 aromatic carbocycles. The average molecular weight is 382 g/mol. The molecule has 1 heterocycles. The van der Waals surface area contributed by atoms with Crippen molar-refractivity contribution in [1.82, 2.24) is 9.62 Å². The quantitative estimate of drug-likeness (QED) is 0.777. The Morgan fingerprint density at radius 1 is 1.19 bits per heavy atom. The minimum atomic E-state index is -3.85. The molecule has 1 atom stereocenters. The number of piperazine rings is 1. The third kappa shape index (κ3) is 4.36. The maximum atomic E-state index is 12.8. The van der Waals surface area contributed by atoms with E-state index in [0.717, 1.165) is 4.31 Å². The van der Waals surface area contributed by atoms with Crippen molar-refractivity contribution in [3.8, 4) is 5.75 Å². The normalized spacial score (nSPS) is 22.8. The van der Waals surface area contributed by atoms with Crippen molar-refractivity contribution in [2.24, 2.45) is 5.92 Å². The number of benzene rings is 1. The smallest absolute Gasteiger partial charge is 0.323 e. The molecule has 2 N–H and O–H groups in total. The second-order valence-corrected chi connectivity index (χ2v) is 8.85. The molecular weight excluding hydrogens is 356 g/mol. The maximum absolute atomic E-state index is 12.8. The van der Waals surface area contributed by atoms with Crippen LogP contribution in [0.3, 0.4) is 0 Å². The highest BCUT2D eigenvalue weighted by atomic mass is 32.2. The zero-order valence-electron chi connectivity index (χ0n) is 14.8. The van der Waals surface area contributed by atoms with Crippen LogP contribution in [0.4, 0.5) is 0 Å². The molecule has 2 aliphatic rings. The van der Waals surface area contributed by atoms with Crippen LogP contribution in [-0.4, -0.2) is 56.1 Å². The lowest BCUT2D eigenvalue weighted by molar-refractivity contribution is -0.141. The zero-order chi connectivity index (χ0) is 18.6. The van der Waals surface area contributed by atoms with Gasteiger partial charge in [-0.2, -0.15) is 4.31 Å². The topological polar surface area (TPSA) is 95.9 Å². The van der Waals surface area contributed by atoms with Crippen LogP contribution in [0.2, 0.25) is 0 Å². The standard InChI is InChI=1S/C18H26N2O5S/c21-18(22)17-12-19-10-11-20(17)26(23,24)16-8-6-15(7-9-16)25-13-14-4-2-1-3-5-14/h6-9,14,17,19H,1-5,10-13H2,(H,21,22)/t17-/m0/s1. The predicted molar refractivity (Wildman–Crippen MR) is 96.7 cm³/mol. The van der Waals surface area contributed by atoms with Crippen molar-refractivity contribution in [3.63, 3.8) is 0 Å². The first kappa shape index (κ1) is 19.1. The number of nitrogens with one attached hydrogen (secondary N) is 1. The number of hydrogen-bond acceptors (Lipinski definition) is 5. The van der Waals surface area contributed by atoms with Crippen molar-refractivity contribution in [2.45, 2.75) is 43.0 Å². The first-order chi connectivity index (χ1) is 12.5. The van der Waals surface area contributed by atoms with Crippen LogP contribution in [0, 0.1) is 5.92 Å². The van der Waals surface area contributed by atoms with Crippen LogP contribution < -0.4 is 10.1 Å². The van der Waals surface area contributed by atoms with E-state index in [4.69, 9.17) is 4.74 Å². The van der Waals surface area contributed by atoms with Gasteiger partial charge in [-0.3, -0.25) is 4.79 Å². The predicted octanol–water partition coefficient (Wildman–Crippen LogP) is 1.69. The molecule has 8 heteroatoms. The number of carboxylic acids is 1. The molecule has 3 rings (SSSR count). The second kappa shape index (κ2) is 8.37. The number of rotatable bonds is 6. The fourth-order valence-corrected chi connectivity index (χ4v) is 5.18. The number of sulfonamides is 1. The lowest BCUT2D eigenvalue weighted by Crippen LogP contribution is -2.56. The molecule has 0 bridgehead atoms. The van der Waals surface area contributed by atoms with E-state index in [1.165, 1.54) is 44.2 Å². The largest absolute Gasteiger partial charge is 0.493 e. The minimum absolute atomic E-state index is 0.0932. The Kier molecular flexibility index (Phi) is 6.16. The monoisotopic (exact) mass is 382 g/mol. The number of nitrogens with zero attached hydrogens (tertiary/aromatic N) is 1. The highest BCUT2D eigenvalue weighted by Gasteiger charge is 2.37. The van der Waals surface area contributed by atoms with Gasteiger partial charge in [0.25, 0.3) is 0 Å². The van der Waals surface area contributed by atoms with Gasteiger partial charge >= 0.3 is 5.97 Å². The van der Waals surface area contributed by atoms with Crippen LogP contribution in [-0.2, 0) is 14.8 Å². The molecule has 0 amide bonds. The lowest BCUT2D eigenvalue weighted by atomic mass is 9.90. The molecule has 0 spiro atoms. The number of aliphatic carboxylic acids is 1. The summed E-state index contributed by atoms with van der Waals surface area (Å²) in [6.07, 6.45) is 6.17. The Balaban J connectivity index is 1.67. The molecule has 1 aliphatic heterocycles. The van der Waals surface area contributed by atoms with E-state index >= 15 is 0 Å². The van der Waals surface area contributed by atoms with E-state index < -0.39 is 22.0 Å². The van der Waals surface area contributed by atoms with E-state index in [9.17, 15) is 18.3 Å². The van der Waals surface area contributed by atoms with Gasteiger partial charge in [-0.25, -0.2) is 8.42 Å². The molecule has 144 valence electrons. The first-order valence-corrected chi connectivity index (χ1v) is 10.6. The molecule has 1 aliphatic carbocycles. The molecule has 0 unspecified atom stereocenters. The summed E-state index contributed by atoms with van der Waals surface area (Å²) < 4.78 is 32.5. The Hall–Kier alpha value is -1.64. The van der Waals surface area contributed by atoms with Crippen LogP contribution >= 0.6 is 0 Å². The maximum Gasteiger partial charge on any atom is 0.323 e. The summed E-state index contributed by atoms with van der Waals surface area (Å²) in [5.74, 6) is 0.0714. The summed E-state index contributed by atoms with van der Waals surface area (Å²) >= 11 is 0. The van der Waals surface area contributed by atoms with Crippen LogP contribution in [0.5, 0.6) is 5.75 Å². The lowest BCUT2D eigenvalue weighted by Gasteiger charge is -2.32. The van der Waals surface area contributed by atoms with Gasteiger partial charge in [0.05, 0.1) is 11.5 Å². The minimum Gasteiger partial charge on any atom is -0.493 e. The van der Waals surface area contributed by atoms with Gasteiger partial charge in [-0.05, 0) is 43.0 Å². The molecule has 1 saturated heterocycles. The van der Waals surface area contributed by atoms with Gasteiger partial charge in [0.1, 0.15) is 11.8 Å². The summed E-state index contributed by atoms with van der Waals surface area (Å²) in [6.45, 7) is 1.34. The van der Waals surface area contributed by atoms with E-state index in [1.54, 1.807) is 12.1 Å². The fourth-order valence-electron chi connectivity index (χ4n) is 3.59. The van der Waals surface area contributed by atoms with Crippen molar-refractivity contribution in [1.29, 1.82) is 0 Å². The third-order valence-electron chi connectivity index (χ3n) is 5.12. The van der Waals surface area contributed by atoms with Gasteiger partial charge in [-0.1, -0.05) is 19.3 Å². The Bertz CT molecular complexity index is 714. The summed E-state index contributed by atoms with van der Waals surface area (Å²) in [5, 5.41) is 12.2. The van der Waals surface area contributed by atoms with E-state index in [-0.39, 0.29) is 18.0 Å². The molecule has 26 heavy (non-hydrogen) atoms. The van der Waals surface area contributed by atoms with Crippen LogP contribution in [0.25, 0.3) is 0 Å². The van der Waals surface area contributed by atoms with E-state index in [1.807, 2.05) is 0 Å². The van der Waals surface area contributed by atoms with Gasteiger partial charge in [0.15, 0.2) is 0 Å². The Morgan fingerprint density at radius 2 is 1.88 bits per heavy atom. The van der Waals surface area contributed by atoms with Gasteiger partial charge < -0.3 is 15.2 Å². The molecular formula is C18H26N2O5S. The van der Waals surface area contributed by atoms with Gasteiger partial charge in [0, 0.05) is 19.6 Å². The SMILES string of the molecule is O=C(O)[C@@H]1CNCCN1S(=O)(=O)c1ccc(OCC2CCCCC2)cc1. The number of carboxylic acid groups (broad SMARTS) is 1. The summed E-state index contributed by atoms with van der Waals surface area (Å²) in [6, 6.07) is 5.19. The molecule has 1 saturated carbocycles. The molecule has 2 fully saturated rings. The summed E-state index contributed by atoms with van der Waals surface area (Å²) in [7, 11) is -3.85. The van der Waals surface area contributed by atoms with Crippen molar-refractivity contribution in [2.75, 3.05) is 26.2 Å². The molecule has 7 nitrogen and oxygen atoms in total. The first-order valence-electron chi connectivity index (χ1n) is 9.17. The highest BCUT2D eigenvalue weighted by molar-refractivity contribution is 7.89. The van der Waals surface area contributed by atoms with Crippen LogP contribution in [0.15, 0.2) is 29.2 Å². The van der Waals surface area contributed by atoms with Crippen molar-refractivity contribution < 1.29 is 23.1 Å². The highest BCUT2D eigenvalue weighted by Crippen LogP contribution is 2.26. The fraction of sp³-hybridized carbons (Fsp3) is 0.611.